The van der Waals surface area contributed by atoms with Crippen LogP contribution in [0.3, 0.4) is 0 Å². The molecule has 0 bridgehead atoms. The Balaban J connectivity index is 3.47. The SMILES string of the molecule is CCSCC(C)NC(C)C(C)O. The fraction of sp³-hybridized carbons (Fsp3) is 1.00. The van der Waals surface area contributed by atoms with Gasteiger partial charge in [-0.3, -0.25) is 0 Å². The maximum absolute atomic E-state index is 9.23. The first-order chi connectivity index (χ1) is 5.57. The Kier molecular flexibility index (Phi) is 6.90. The third kappa shape index (κ3) is 5.86. The molecule has 0 aliphatic carbocycles. The zero-order valence-corrected chi connectivity index (χ0v) is 9.32. The molecular weight excluding hydrogens is 170 g/mol. The number of rotatable bonds is 6. The van der Waals surface area contributed by atoms with E-state index >= 15 is 0 Å². The maximum Gasteiger partial charge on any atom is 0.0662 e. The number of thioether (sulfide) groups is 1. The van der Waals surface area contributed by atoms with Crippen molar-refractivity contribution in [2.24, 2.45) is 0 Å². The van der Waals surface area contributed by atoms with E-state index in [0.29, 0.717) is 6.04 Å². The largest absolute Gasteiger partial charge is 0.392 e. The highest BCUT2D eigenvalue weighted by atomic mass is 32.2. The molecule has 0 aliphatic heterocycles. The molecule has 0 aromatic rings. The van der Waals surface area contributed by atoms with Gasteiger partial charge in [0.15, 0.2) is 0 Å². The number of aliphatic hydroxyl groups excluding tert-OH is 1. The van der Waals surface area contributed by atoms with E-state index in [2.05, 4.69) is 19.2 Å². The molecule has 2 nitrogen and oxygen atoms in total. The van der Waals surface area contributed by atoms with E-state index < -0.39 is 0 Å². The summed E-state index contributed by atoms with van der Waals surface area (Å²) in [5, 5.41) is 12.6. The second-order valence-corrected chi connectivity index (χ2v) is 4.58. The van der Waals surface area contributed by atoms with Crippen molar-refractivity contribution in [2.45, 2.75) is 45.9 Å². The van der Waals surface area contributed by atoms with E-state index in [1.54, 1.807) is 0 Å². The van der Waals surface area contributed by atoms with Gasteiger partial charge < -0.3 is 10.4 Å². The van der Waals surface area contributed by atoms with Crippen molar-refractivity contribution < 1.29 is 5.11 Å². The summed E-state index contributed by atoms with van der Waals surface area (Å²) in [5.41, 5.74) is 0. The molecule has 3 atom stereocenters. The van der Waals surface area contributed by atoms with Crippen LogP contribution in [0, 0.1) is 0 Å². The van der Waals surface area contributed by atoms with Crippen molar-refractivity contribution in [3.05, 3.63) is 0 Å². The average molecular weight is 191 g/mol. The molecule has 0 amide bonds. The Hall–Kier alpha value is 0.270. The van der Waals surface area contributed by atoms with E-state index in [1.165, 1.54) is 0 Å². The van der Waals surface area contributed by atoms with Gasteiger partial charge in [-0.2, -0.15) is 11.8 Å². The van der Waals surface area contributed by atoms with Crippen LogP contribution in [-0.2, 0) is 0 Å². The van der Waals surface area contributed by atoms with Gasteiger partial charge in [-0.15, -0.1) is 0 Å². The quantitative estimate of drug-likeness (QED) is 0.667. The van der Waals surface area contributed by atoms with Gasteiger partial charge in [-0.1, -0.05) is 6.92 Å². The van der Waals surface area contributed by atoms with Crippen molar-refractivity contribution in [1.82, 2.24) is 5.32 Å². The van der Waals surface area contributed by atoms with Crippen molar-refractivity contribution >= 4 is 11.8 Å². The smallest absolute Gasteiger partial charge is 0.0662 e. The molecule has 12 heavy (non-hydrogen) atoms. The number of aliphatic hydroxyl groups is 1. The van der Waals surface area contributed by atoms with Gasteiger partial charge in [0.2, 0.25) is 0 Å². The summed E-state index contributed by atoms with van der Waals surface area (Å²) < 4.78 is 0. The standard InChI is InChI=1S/C9H21NOS/c1-5-12-6-7(2)10-8(3)9(4)11/h7-11H,5-6H2,1-4H3. The molecular formula is C9H21NOS. The molecule has 0 aromatic carbocycles. The average Bonchev–Trinajstić information content (AvgIpc) is 2.00. The number of hydrogen-bond donors (Lipinski definition) is 2. The Bertz CT molecular complexity index is 109. The van der Waals surface area contributed by atoms with E-state index in [9.17, 15) is 5.11 Å². The first kappa shape index (κ1) is 12.3. The summed E-state index contributed by atoms with van der Waals surface area (Å²) in [4.78, 5) is 0. The van der Waals surface area contributed by atoms with Crippen LogP contribution in [0.15, 0.2) is 0 Å². The van der Waals surface area contributed by atoms with Crippen molar-refractivity contribution in [2.75, 3.05) is 11.5 Å². The van der Waals surface area contributed by atoms with E-state index in [1.807, 2.05) is 25.6 Å². The lowest BCUT2D eigenvalue weighted by atomic mass is 10.2. The van der Waals surface area contributed by atoms with Gasteiger partial charge in [-0.05, 0) is 26.5 Å². The number of nitrogens with one attached hydrogen (secondary N) is 1. The minimum absolute atomic E-state index is 0.192. The maximum atomic E-state index is 9.23. The third-order valence-corrected chi connectivity index (χ3v) is 2.99. The van der Waals surface area contributed by atoms with Crippen LogP contribution < -0.4 is 5.32 Å². The van der Waals surface area contributed by atoms with Gasteiger partial charge in [0.05, 0.1) is 6.10 Å². The minimum Gasteiger partial charge on any atom is -0.392 e. The highest BCUT2D eigenvalue weighted by Gasteiger charge is 2.10. The van der Waals surface area contributed by atoms with Gasteiger partial charge in [0, 0.05) is 17.8 Å². The normalized spacial score (nSPS) is 18.8. The van der Waals surface area contributed by atoms with Crippen molar-refractivity contribution in [3.63, 3.8) is 0 Å². The van der Waals surface area contributed by atoms with Gasteiger partial charge in [0.1, 0.15) is 0 Å². The summed E-state index contributed by atoms with van der Waals surface area (Å²) in [6.07, 6.45) is -0.265. The summed E-state index contributed by atoms with van der Waals surface area (Å²) in [6, 6.07) is 0.678. The second-order valence-electron chi connectivity index (χ2n) is 3.26. The second kappa shape index (κ2) is 6.75. The lowest BCUT2D eigenvalue weighted by Gasteiger charge is -2.21. The molecule has 0 saturated heterocycles. The van der Waals surface area contributed by atoms with Crippen LogP contribution in [0.4, 0.5) is 0 Å². The molecule has 74 valence electrons. The molecule has 3 unspecified atom stereocenters. The van der Waals surface area contributed by atoms with E-state index in [-0.39, 0.29) is 12.1 Å². The predicted octanol–water partition coefficient (Wildman–Crippen LogP) is 1.49. The van der Waals surface area contributed by atoms with Crippen LogP contribution in [0.2, 0.25) is 0 Å². The molecule has 2 N–H and O–H groups in total. The zero-order valence-electron chi connectivity index (χ0n) is 8.50. The van der Waals surface area contributed by atoms with Crippen molar-refractivity contribution in [1.29, 1.82) is 0 Å². The summed E-state index contributed by atoms with van der Waals surface area (Å²) >= 11 is 1.93. The lowest BCUT2D eigenvalue weighted by Crippen LogP contribution is -2.42. The minimum atomic E-state index is -0.265. The lowest BCUT2D eigenvalue weighted by molar-refractivity contribution is 0.148. The van der Waals surface area contributed by atoms with Crippen LogP contribution in [0.1, 0.15) is 27.7 Å². The predicted molar refractivity (Wildman–Crippen MR) is 56.7 cm³/mol. The van der Waals surface area contributed by atoms with Crippen LogP contribution in [0.5, 0.6) is 0 Å². The highest BCUT2D eigenvalue weighted by Crippen LogP contribution is 2.03. The van der Waals surface area contributed by atoms with Crippen molar-refractivity contribution in [3.8, 4) is 0 Å². The molecule has 0 aromatic heterocycles. The van der Waals surface area contributed by atoms with Gasteiger partial charge in [-0.25, -0.2) is 0 Å². The topological polar surface area (TPSA) is 32.3 Å². The Labute approximate surface area is 80.1 Å². The van der Waals surface area contributed by atoms with E-state index in [4.69, 9.17) is 0 Å². The molecule has 0 heterocycles. The summed E-state index contributed by atoms with van der Waals surface area (Å²) in [6.45, 7) is 8.14. The first-order valence-corrected chi connectivity index (χ1v) is 5.75. The summed E-state index contributed by atoms with van der Waals surface area (Å²) in [5.74, 6) is 2.28. The third-order valence-electron chi connectivity index (χ3n) is 1.84. The monoisotopic (exact) mass is 191 g/mol. The molecule has 0 saturated carbocycles. The Morgan fingerprint density at radius 1 is 1.33 bits per heavy atom. The molecule has 0 fully saturated rings. The summed E-state index contributed by atoms with van der Waals surface area (Å²) in [7, 11) is 0. The Morgan fingerprint density at radius 3 is 2.33 bits per heavy atom. The first-order valence-electron chi connectivity index (χ1n) is 4.59. The van der Waals surface area contributed by atoms with E-state index in [0.717, 1.165) is 11.5 Å². The van der Waals surface area contributed by atoms with Crippen LogP contribution >= 0.6 is 11.8 Å². The fourth-order valence-corrected chi connectivity index (χ4v) is 1.62. The van der Waals surface area contributed by atoms with Gasteiger partial charge >= 0.3 is 0 Å². The highest BCUT2D eigenvalue weighted by molar-refractivity contribution is 7.99. The number of hydrogen-bond acceptors (Lipinski definition) is 3. The fourth-order valence-electron chi connectivity index (χ4n) is 0.931. The Morgan fingerprint density at radius 2 is 1.92 bits per heavy atom. The zero-order chi connectivity index (χ0) is 9.56. The molecule has 0 spiro atoms. The van der Waals surface area contributed by atoms with Crippen LogP contribution in [-0.4, -0.2) is 34.8 Å². The van der Waals surface area contributed by atoms with Gasteiger partial charge in [0.25, 0.3) is 0 Å². The molecule has 0 radical (unpaired) electrons. The molecule has 3 heteroatoms. The van der Waals surface area contributed by atoms with Crippen LogP contribution in [0.25, 0.3) is 0 Å². The molecule has 0 rings (SSSR count). The molecule has 0 aliphatic rings.